The van der Waals surface area contributed by atoms with Gasteiger partial charge in [-0.25, -0.2) is 13.8 Å². The van der Waals surface area contributed by atoms with E-state index in [0.29, 0.717) is 16.4 Å². The van der Waals surface area contributed by atoms with Gasteiger partial charge in [0.05, 0.1) is 10.7 Å². The highest BCUT2D eigenvalue weighted by Crippen LogP contribution is 2.25. The molecule has 0 bridgehead atoms. The fraction of sp³-hybridized carbons (Fsp3) is 0.0714. The summed E-state index contributed by atoms with van der Waals surface area (Å²) in [6.07, 6.45) is 3.28. The zero-order valence-corrected chi connectivity index (χ0v) is 10.7. The summed E-state index contributed by atoms with van der Waals surface area (Å²) in [6, 6.07) is 5.74. The number of aryl methyl sites for hydroxylation is 1. The van der Waals surface area contributed by atoms with Gasteiger partial charge in [-0.15, -0.1) is 0 Å². The number of halogens is 3. The Morgan fingerprint density at radius 2 is 1.89 bits per heavy atom. The van der Waals surface area contributed by atoms with E-state index in [0.717, 1.165) is 6.07 Å². The first-order valence-corrected chi connectivity index (χ1v) is 6.02. The summed E-state index contributed by atoms with van der Waals surface area (Å²) in [5.41, 5.74) is 1.41. The first-order chi connectivity index (χ1) is 9.04. The molecular weight excluding hydrogens is 270 g/mol. The summed E-state index contributed by atoms with van der Waals surface area (Å²) >= 11 is 5.87. The summed E-state index contributed by atoms with van der Waals surface area (Å²) < 4.78 is 29.1. The number of aromatic nitrogens is 2. The van der Waals surface area contributed by atoms with Crippen LogP contribution in [0.1, 0.15) is 5.56 Å². The second kappa shape index (κ2) is 4.31. The van der Waals surface area contributed by atoms with Crippen molar-refractivity contribution in [2.75, 3.05) is 0 Å². The maximum atomic E-state index is 13.9. The standard InChI is InChI=1S/C14H9ClF2N2/c1-8-4-12(17)10(5-11(8)16)13-7-19-6-9(15)2-3-14(19)18-13/h2-7H,1H3. The van der Waals surface area contributed by atoms with E-state index in [1.807, 2.05) is 0 Å². The largest absolute Gasteiger partial charge is 0.305 e. The molecule has 0 aliphatic heterocycles. The second-order valence-electron chi connectivity index (χ2n) is 4.32. The Kier molecular flexibility index (Phi) is 2.75. The van der Waals surface area contributed by atoms with E-state index in [1.54, 1.807) is 28.9 Å². The van der Waals surface area contributed by atoms with Crippen LogP contribution in [0.3, 0.4) is 0 Å². The summed E-state index contributed by atoms with van der Waals surface area (Å²) in [4.78, 5) is 4.25. The predicted octanol–water partition coefficient (Wildman–Crippen LogP) is 4.24. The minimum absolute atomic E-state index is 0.142. The Morgan fingerprint density at radius 1 is 1.11 bits per heavy atom. The lowest BCUT2D eigenvalue weighted by molar-refractivity contribution is 0.595. The van der Waals surface area contributed by atoms with Crippen LogP contribution in [0.5, 0.6) is 0 Å². The van der Waals surface area contributed by atoms with Crippen molar-refractivity contribution < 1.29 is 8.78 Å². The van der Waals surface area contributed by atoms with E-state index in [-0.39, 0.29) is 11.1 Å². The monoisotopic (exact) mass is 278 g/mol. The molecule has 0 N–H and O–H groups in total. The van der Waals surface area contributed by atoms with E-state index < -0.39 is 11.6 Å². The molecule has 5 heteroatoms. The minimum Gasteiger partial charge on any atom is -0.305 e. The lowest BCUT2D eigenvalue weighted by Crippen LogP contribution is -1.90. The van der Waals surface area contributed by atoms with Gasteiger partial charge in [-0.05, 0) is 36.8 Å². The summed E-state index contributed by atoms with van der Waals surface area (Å²) in [6.45, 7) is 1.52. The SMILES string of the molecule is Cc1cc(F)c(-c2cn3cc(Cl)ccc3n2)cc1F. The van der Waals surface area contributed by atoms with Gasteiger partial charge in [0.2, 0.25) is 0 Å². The van der Waals surface area contributed by atoms with E-state index in [2.05, 4.69) is 4.98 Å². The molecule has 0 aliphatic rings. The van der Waals surface area contributed by atoms with Crippen LogP contribution in [-0.2, 0) is 0 Å². The van der Waals surface area contributed by atoms with Crippen LogP contribution in [0.2, 0.25) is 5.02 Å². The average Bonchev–Trinajstić information content (AvgIpc) is 2.76. The maximum absolute atomic E-state index is 13.9. The highest BCUT2D eigenvalue weighted by atomic mass is 35.5. The van der Waals surface area contributed by atoms with Gasteiger partial charge in [0.1, 0.15) is 17.3 Å². The average molecular weight is 279 g/mol. The third kappa shape index (κ3) is 2.08. The number of hydrogen-bond donors (Lipinski definition) is 0. The molecule has 0 saturated carbocycles. The van der Waals surface area contributed by atoms with Gasteiger partial charge in [0.25, 0.3) is 0 Å². The van der Waals surface area contributed by atoms with Crippen molar-refractivity contribution in [3.05, 3.63) is 58.9 Å². The molecule has 19 heavy (non-hydrogen) atoms. The number of hydrogen-bond acceptors (Lipinski definition) is 1. The first kappa shape index (κ1) is 12.1. The summed E-state index contributed by atoms with van der Waals surface area (Å²) in [5, 5.41) is 0.548. The van der Waals surface area contributed by atoms with Crippen molar-refractivity contribution >= 4 is 17.2 Å². The van der Waals surface area contributed by atoms with Crippen LogP contribution >= 0.6 is 11.6 Å². The van der Waals surface area contributed by atoms with Crippen LogP contribution in [0, 0.1) is 18.6 Å². The number of fused-ring (bicyclic) bond motifs is 1. The Morgan fingerprint density at radius 3 is 2.68 bits per heavy atom. The molecule has 2 aromatic heterocycles. The molecule has 2 nitrogen and oxygen atoms in total. The molecule has 0 unspecified atom stereocenters. The quantitative estimate of drug-likeness (QED) is 0.651. The van der Waals surface area contributed by atoms with Crippen molar-refractivity contribution in [3.8, 4) is 11.3 Å². The van der Waals surface area contributed by atoms with Crippen LogP contribution in [0.25, 0.3) is 16.9 Å². The first-order valence-electron chi connectivity index (χ1n) is 5.65. The number of nitrogens with zero attached hydrogens (tertiary/aromatic N) is 2. The molecule has 0 radical (unpaired) electrons. The predicted molar refractivity (Wildman–Crippen MR) is 70.3 cm³/mol. The molecule has 0 aliphatic carbocycles. The fourth-order valence-electron chi connectivity index (χ4n) is 1.94. The van der Waals surface area contributed by atoms with Crippen LogP contribution < -0.4 is 0 Å². The number of rotatable bonds is 1. The lowest BCUT2D eigenvalue weighted by Gasteiger charge is -2.02. The highest BCUT2D eigenvalue weighted by Gasteiger charge is 2.12. The fourth-order valence-corrected chi connectivity index (χ4v) is 2.11. The normalized spacial score (nSPS) is 11.2. The molecule has 0 fully saturated rings. The summed E-state index contributed by atoms with van der Waals surface area (Å²) in [7, 11) is 0. The van der Waals surface area contributed by atoms with Crippen LogP contribution in [0.4, 0.5) is 8.78 Å². The van der Waals surface area contributed by atoms with Crippen molar-refractivity contribution in [1.82, 2.24) is 9.38 Å². The van der Waals surface area contributed by atoms with Crippen molar-refractivity contribution in [2.24, 2.45) is 0 Å². The number of benzene rings is 1. The molecule has 3 aromatic rings. The van der Waals surface area contributed by atoms with Crippen molar-refractivity contribution in [3.63, 3.8) is 0 Å². The van der Waals surface area contributed by atoms with Gasteiger partial charge in [0, 0.05) is 18.0 Å². The lowest BCUT2D eigenvalue weighted by atomic mass is 10.1. The van der Waals surface area contributed by atoms with E-state index >= 15 is 0 Å². The highest BCUT2D eigenvalue weighted by molar-refractivity contribution is 6.30. The van der Waals surface area contributed by atoms with Crippen molar-refractivity contribution in [1.29, 1.82) is 0 Å². The van der Waals surface area contributed by atoms with Gasteiger partial charge in [-0.1, -0.05) is 11.6 Å². The van der Waals surface area contributed by atoms with E-state index in [4.69, 9.17) is 11.6 Å². The molecular formula is C14H9ClF2N2. The van der Waals surface area contributed by atoms with E-state index in [9.17, 15) is 8.78 Å². The molecule has 0 spiro atoms. The van der Waals surface area contributed by atoms with Crippen LogP contribution in [0.15, 0.2) is 36.7 Å². The Labute approximate surface area is 113 Å². The second-order valence-corrected chi connectivity index (χ2v) is 4.76. The van der Waals surface area contributed by atoms with Gasteiger partial charge in [0.15, 0.2) is 0 Å². The van der Waals surface area contributed by atoms with Gasteiger partial charge < -0.3 is 4.40 Å². The zero-order valence-electron chi connectivity index (χ0n) is 9.99. The topological polar surface area (TPSA) is 17.3 Å². The third-order valence-corrected chi connectivity index (χ3v) is 3.16. The van der Waals surface area contributed by atoms with E-state index in [1.165, 1.54) is 13.0 Å². The van der Waals surface area contributed by atoms with Gasteiger partial charge >= 0.3 is 0 Å². The van der Waals surface area contributed by atoms with Gasteiger partial charge in [-0.2, -0.15) is 0 Å². The smallest absolute Gasteiger partial charge is 0.137 e. The molecule has 2 heterocycles. The van der Waals surface area contributed by atoms with Gasteiger partial charge in [-0.3, -0.25) is 0 Å². The van der Waals surface area contributed by atoms with Crippen molar-refractivity contribution in [2.45, 2.75) is 6.92 Å². The van der Waals surface area contributed by atoms with Crippen LogP contribution in [-0.4, -0.2) is 9.38 Å². The number of pyridine rings is 1. The Hall–Kier alpha value is -1.94. The Balaban J connectivity index is 2.21. The molecule has 0 amide bonds. The maximum Gasteiger partial charge on any atom is 0.137 e. The minimum atomic E-state index is -0.492. The molecule has 0 saturated heterocycles. The molecule has 3 rings (SSSR count). The number of imidazole rings is 1. The summed E-state index contributed by atoms with van der Waals surface area (Å²) in [5.74, 6) is -0.945. The molecule has 0 atom stereocenters. The Bertz CT molecular complexity index is 780. The third-order valence-electron chi connectivity index (χ3n) is 2.94. The molecule has 1 aromatic carbocycles. The zero-order chi connectivity index (χ0) is 13.6. The molecule has 96 valence electrons.